The Bertz CT molecular complexity index is 382. The molecule has 1 aromatic heterocycles. The van der Waals surface area contributed by atoms with E-state index in [2.05, 4.69) is 40.2 Å². The summed E-state index contributed by atoms with van der Waals surface area (Å²) in [6.45, 7) is 6.95. The zero-order valence-corrected chi connectivity index (χ0v) is 13.5. The number of nitrogens with one attached hydrogen (secondary N) is 1. The van der Waals surface area contributed by atoms with Gasteiger partial charge in [0.25, 0.3) is 0 Å². The third kappa shape index (κ3) is 4.87. The zero-order valence-electron chi connectivity index (χ0n) is 11.9. The number of hydrogen-bond acceptors (Lipinski definition) is 4. The van der Waals surface area contributed by atoms with E-state index in [1.807, 2.05) is 4.68 Å². The number of hydrogen-bond donors (Lipinski definition) is 2. The van der Waals surface area contributed by atoms with Gasteiger partial charge in [-0.1, -0.05) is 6.92 Å². The van der Waals surface area contributed by atoms with Crippen molar-refractivity contribution in [1.82, 2.24) is 15.1 Å². The molecule has 6 heteroatoms. The molecular formula is C13H24BrN3O2. The summed E-state index contributed by atoms with van der Waals surface area (Å²) in [6, 6.07) is 0. The number of halogens is 1. The van der Waals surface area contributed by atoms with Gasteiger partial charge in [0.05, 0.1) is 28.6 Å². The van der Waals surface area contributed by atoms with Gasteiger partial charge in [-0.05, 0) is 42.2 Å². The van der Waals surface area contributed by atoms with Gasteiger partial charge in [0.2, 0.25) is 0 Å². The van der Waals surface area contributed by atoms with Crippen molar-refractivity contribution in [2.75, 3.05) is 20.3 Å². The molecule has 0 fully saturated rings. The second-order valence-corrected chi connectivity index (χ2v) is 5.24. The number of rotatable bonds is 9. The van der Waals surface area contributed by atoms with E-state index in [1.54, 1.807) is 7.11 Å². The van der Waals surface area contributed by atoms with Crippen LogP contribution in [-0.4, -0.2) is 41.3 Å². The van der Waals surface area contributed by atoms with E-state index >= 15 is 0 Å². The Hall–Kier alpha value is -0.430. The summed E-state index contributed by atoms with van der Waals surface area (Å²) < 4.78 is 8.01. The van der Waals surface area contributed by atoms with Crippen molar-refractivity contribution in [2.24, 2.45) is 0 Å². The van der Waals surface area contributed by atoms with Crippen molar-refractivity contribution in [3.63, 3.8) is 0 Å². The number of ether oxygens (including phenoxy) is 1. The van der Waals surface area contributed by atoms with Crippen LogP contribution in [0.15, 0.2) is 4.47 Å². The van der Waals surface area contributed by atoms with Gasteiger partial charge in [0.15, 0.2) is 0 Å². The number of aromatic nitrogens is 2. The third-order valence-corrected chi connectivity index (χ3v) is 3.92. The third-order valence-electron chi connectivity index (χ3n) is 3.00. The highest BCUT2D eigenvalue weighted by atomic mass is 79.9. The fourth-order valence-electron chi connectivity index (χ4n) is 1.94. The summed E-state index contributed by atoms with van der Waals surface area (Å²) in [5.74, 6) is 0. The molecule has 110 valence electrons. The van der Waals surface area contributed by atoms with E-state index in [9.17, 15) is 5.11 Å². The molecule has 2 N–H and O–H groups in total. The van der Waals surface area contributed by atoms with Gasteiger partial charge in [0, 0.05) is 20.2 Å². The summed E-state index contributed by atoms with van der Waals surface area (Å²) in [5.41, 5.74) is 2.26. The van der Waals surface area contributed by atoms with Crippen LogP contribution in [0.5, 0.6) is 0 Å². The van der Waals surface area contributed by atoms with E-state index in [0.29, 0.717) is 13.0 Å². The molecule has 1 heterocycles. The van der Waals surface area contributed by atoms with E-state index in [4.69, 9.17) is 4.74 Å². The quantitative estimate of drug-likeness (QED) is 0.675. The first-order chi connectivity index (χ1) is 9.13. The average molecular weight is 334 g/mol. The van der Waals surface area contributed by atoms with E-state index in [0.717, 1.165) is 36.2 Å². The predicted octanol–water partition coefficient (Wildman–Crippen LogP) is 1.71. The highest BCUT2D eigenvalue weighted by molar-refractivity contribution is 9.10. The SMILES string of the molecule is CCc1nn(CC)c(CNCCC(O)COC)c1Br. The molecule has 0 bridgehead atoms. The topological polar surface area (TPSA) is 59.3 Å². The first kappa shape index (κ1) is 16.6. The summed E-state index contributed by atoms with van der Waals surface area (Å²) >= 11 is 3.62. The van der Waals surface area contributed by atoms with Crippen LogP contribution in [0, 0.1) is 0 Å². The second-order valence-electron chi connectivity index (χ2n) is 4.45. The van der Waals surface area contributed by atoms with Crippen molar-refractivity contribution in [3.8, 4) is 0 Å². The van der Waals surface area contributed by atoms with Crippen LogP contribution >= 0.6 is 15.9 Å². The van der Waals surface area contributed by atoms with Gasteiger partial charge >= 0.3 is 0 Å². The first-order valence-corrected chi connectivity index (χ1v) is 7.55. The largest absolute Gasteiger partial charge is 0.391 e. The molecule has 5 nitrogen and oxygen atoms in total. The number of aliphatic hydroxyl groups is 1. The zero-order chi connectivity index (χ0) is 14.3. The number of nitrogens with zero attached hydrogens (tertiary/aromatic N) is 2. The van der Waals surface area contributed by atoms with Crippen LogP contribution in [-0.2, 0) is 24.2 Å². The molecular weight excluding hydrogens is 310 g/mol. The van der Waals surface area contributed by atoms with Crippen molar-refractivity contribution in [1.29, 1.82) is 0 Å². The molecule has 19 heavy (non-hydrogen) atoms. The summed E-state index contributed by atoms with van der Waals surface area (Å²) in [6.07, 6.45) is 1.21. The van der Waals surface area contributed by atoms with Crippen molar-refractivity contribution in [3.05, 3.63) is 15.9 Å². The van der Waals surface area contributed by atoms with Crippen molar-refractivity contribution >= 4 is 15.9 Å². The molecule has 0 aliphatic rings. The van der Waals surface area contributed by atoms with Gasteiger partial charge in [-0.3, -0.25) is 4.68 Å². The van der Waals surface area contributed by atoms with Crippen LogP contribution in [0.4, 0.5) is 0 Å². The van der Waals surface area contributed by atoms with Gasteiger partial charge in [-0.15, -0.1) is 0 Å². The second kappa shape index (κ2) is 8.68. The molecule has 0 saturated carbocycles. The normalized spacial score (nSPS) is 12.9. The van der Waals surface area contributed by atoms with Crippen LogP contribution in [0.1, 0.15) is 31.7 Å². The molecule has 0 amide bonds. The average Bonchev–Trinajstić information content (AvgIpc) is 2.71. The number of methoxy groups -OCH3 is 1. The fourth-order valence-corrected chi connectivity index (χ4v) is 2.64. The van der Waals surface area contributed by atoms with E-state index in [1.165, 1.54) is 5.69 Å². The lowest BCUT2D eigenvalue weighted by Gasteiger charge is -2.11. The molecule has 1 aromatic rings. The van der Waals surface area contributed by atoms with Gasteiger partial charge in [-0.2, -0.15) is 5.10 Å². The van der Waals surface area contributed by atoms with Crippen LogP contribution in [0.2, 0.25) is 0 Å². The molecule has 1 atom stereocenters. The lowest BCUT2D eigenvalue weighted by Crippen LogP contribution is -2.24. The maximum atomic E-state index is 9.55. The minimum Gasteiger partial charge on any atom is -0.391 e. The lowest BCUT2D eigenvalue weighted by molar-refractivity contribution is 0.0594. The lowest BCUT2D eigenvalue weighted by atomic mass is 10.2. The minimum atomic E-state index is -0.400. The van der Waals surface area contributed by atoms with E-state index < -0.39 is 6.10 Å². The van der Waals surface area contributed by atoms with E-state index in [-0.39, 0.29) is 0 Å². The first-order valence-electron chi connectivity index (χ1n) is 6.75. The Morgan fingerprint density at radius 1 is 1.47 bits per heavy atom. The summed E-state index contributed by atoms with van der Waals surface area (Å²) in [5, 5.41) is 17.4. The molecule has 0 spiro atoms. The molecule has 0 radical (unpaired) electrons. The van der Waals surface area contributed by atoms with Crippen LogP contribution < -0.4 is 5.32 Å². The van der Waals surface area contributed by atoms with Crippen molar-refractivity contribution in [2.45, 2.75) is 45.9 Å². The molecule has 1 rings (SSSR count). The van der Waals surface area contributed by atoms with Gasteiger partial charge in [0.1, 0.15) is 0 Å². The van der Waals surface area contributed by atoms with Crippen LogP contribution in [0.25, 0.3) is 0 Å². The Balaban J connectivity index is 2.46. The Morgan fingerprint density at radius 3 is 2.79 bits per heavy atom. The maximum absolute atomic E-state index is 9.55. The predicted molar refractivity (Wildman–Crippen MR) is 79.2 cm³/mol. The maximum Gasteiger partial charge on any atom is 0.0785 e. The molecule has 0 aliphatic heterocycles. The van der Waals surface area contributed by atoms with Crippen molar-refractivity contribution < 1.29 is 9.84 Å². The number of aliphatic hydroxyl groups excluding tert-OH is 1. The Kier molecular flexibility index (Phi) is 7.60. The molecule has 0 aromatic carbocycles. The van der Waals surface area contributed by atoms with Crippen LogP contribution in [0.3, 0.4) is 0 Å². The molecule has 0 aliphatic carbocycles. The fraction of sp³-hybridized carbons (Fsp3) is 0.769. The smallest absolute Gasteiger partial charge is 0.0785 e. The Labute approximate surface area is 123 Å². The minimum absolute atomic E-state index is 0.387. The van der Waals surface area contributed by atoms with Gasteiger partial charge in [-0.25, -0.2) is 0 Å². The molecule has 1 unspecified atom stereocenters. The molecule has 0 saturated heterocycles. The highest BCUT2D eigenvalue weighted by Crippen LogP contribution is 2.22. The van der Waals surface area contributed by atoms with Gasteiger partial charge < -0.3 is 15.2 Å². The number of aryl methyl sites for hydroxylation is 2. The summed E-state index contributed by atoms with van der Waals surface area (Å²) in [4.78, 5) is 0. The standard InChI is InChI=1S/C13H24BrN3O2/c1-4-11-13(14)12(17(5-2)16-11)8-15-7-6-10(18)9-19-3/h10,15,18H,4-9H2,1-3H3. The Morgan fingerprint density at radius 2 is 2.21 bits per heavy atom. The highest BCUT2D eigenvalue weighted by Gasteiger charge is 2.13. The summed E-state index contributed by atoms with van der Waals surface area (Å²) in [7, 11) is 1.60. The monoisotopic (exact) mass is 333 g/mol.